The first-order chi connectivity index (χ1) is 7.99. The summed E-state index contributed by atoms with van der Waals surface area (Å²) in [5.74, 6) is 1.97. The van der Waals surface area contributed by atoms with Crippen molar-refractivity contribution < 1.29 is 5.11 Å². The van der Waals surface area contributed by atoms with Crippen LogP contribution in [0.5, 0.6) is 5.75 Å². The molecule has 0 amide bonds. The second-order valence-electron chi connectivity index (χ2n) is 5.39. The van der Waals surface area contributed by atoms with Crippen molar-refractivity contribution in [3.8, 4) is 5.75 Å². The summed E-state index contributed by atoms with van der Waals surface area (Å²) in [5, 5.41) is 9.91. The minimum Gasteiger partial charge on any atom is -0.508 e. The van der Waals surface area contributed by atoms with E-state index < -0.39 is 0 Å². The number of hydrogen-bond acceptors (Lipinski definition) is 3. The number of nitrogens with zero attached hydrogens (tertiary/aromatic N) is 1. The Bertz CT molecular complexity index is 403. The molecule has 3 atom stereocenters. The van der Waals surface area contributed by atoms with E-state index in [9.17, 15) is 5.11 Å². The Balaban J connectivity index is 2.08. The topological polar surface area (TPSA) is 49.5 Å². The Hall–Kier alpha value is -1.22. The number of rotatable bonds is 4. The average Bonchev–Trinajstić information content (AvgIpc) is 2.93. The molecule has 3 N–H and O–H groups in total. The van der Waals surface area contributed by atoms with Crippen molar-refractivity contribution >= 4 is 5.69 Å². The standard InChI is InChI=1S/C14H22N2O/c1-9-6-11(9)8-16(3)12-4-5-13(10(2)15)14(17)7-12/h4-5,7,9-11,17H,6,8,15H2,1-3H3. The minimum absolute atomic E-state index is 0.127. The molecule has 1 aromatic rings. The first-order valence-corrected chi connectivity index (χ1v) is 6.28. The van der Waals surface area contributed by atoms with Crippen LogP contribution in [0, 0.1) is 11.8 Å². The van der Waals surface area contributed by atoms with Crippen LogP contribution in [0.4, 0.5) is 5.69 Å². The van der Waals surface area contributed by atoms with Crippen molar-refractivity contribution in [3.63, 3.8) is 0 Å². The fourth-order valence-corrected chi connectivity index (χ4v) is 2.27. The molecule has 3 unspecified atom stereocenters. The molecule has 1 aliphatic carbocycles. The van der Waals surface area contributed by atoms with Crippen LogP contribution in [0.3, 0.4) is 0 Å². The summed E-state index contributed by atoms with van der Waals surface area (Å²) < 4.78 is 0. The summed E-state index contributed by atoms with van der Waals surface area (Å²) >= 11 is 0. The highest BCUT2D eigenvalue weighted by atomic mass is 16.3. The third kappa shape index (κ3) is 2.72. The first-order valence-electron chi connectivity index (χ1n) is 6.28. The van der Waals surface area contributed by atoms with Gasteiger partial charge in [-0.25, -0.2) is 0 Å². The van der Waals surface area contributed by atoms with E-state index in [-0.39, 0.29) is 6.04 Å². The van der Waals surface area contributed by atoms with Gasteiger partial charge < -0.3 is 15.7 Å². The molecular formula is C14H22N2O. The molecule has 94 valence electrons. The molecule has 3 nitrogen and oxygen atoms in total. The van der Waals surface area contributed by atoms with Gasteiger partial charge in [-0.2, -0.15) is 0 Å². The van der Waals surface area contributed by atoms with Crippen LogP contribution in [0.15, 0.2) is 18.2 Å². The van der Waals surface area contributed by atoms with Gasteiger partial charge in [0.15, 0.2) is 0 Å². The maximum atomic E-state index is 9.91. The lowest BCUT2D eigenvalue weighted by Crippen LogP contribution is -2.20. The van der Waals surface area contributed by atoms with Crippen LogP contribution < -0.4 is 10.6 Å². The molecule has 1 fully saturated rings. The normalized spacial score (nSPS) is 24.5. The second kappa shape index (κ2) is 4.57. The summed E-state index contributed by atoms with van der Waals surface area (Å²) in [6, 6.07) is 5.64. The molecule has 2 rings (SSSR count). The summed E-state index contributed by atoms with van der Waals surface area (Å²) in [6.45, 7) is 5.23. The monoisotopic (exact) mass is 234 g/mol. The lowest BCUT2D eigenvalue weighted by Gasteiger charge is -2.20. The largest absolute Gasteiger partial charge is 0.508 e. The number of hydrogen-bond donors (Lipinski definition) is 2. The second-order valence-corrected chi connectivity index (χ2v) is 5.39. The highest BCUT2D eigenvalue weighted by Gasteiger charge is 2.33. The van der Waals surface area contributed by atoms with E-state index in [4.69, 9.17) is 5.73 Å². The molecular weight excluding hydrogens is 212 g/mol. The number of anilines is 1. The van der Waals surface area contributed by atoms with Gasteiger partial charge in [0, 0.05) is 37.0 Å². The van der Waals surface area contributed by atoms with Crippen molar-refractivity contribution in [3.05, 3.63) is 23.8 Å². The van der Waals surface area contributed by atoms with Crippen LogP contribution in [-0.4, -0.2) is 18.7 Å². The van der Waals surface area contributed by atoms with Crippen LogP contribution >= 0.6 is 0 Å². The van der Waals surface area contributed by atoms with Gasteiger partial charge in [-0.15, -0.1) is 0 Å². The number of phenolic OH excluding ortho intramolecular Hbond substituents is 1. The quantitative estimate of drug-likeness (QED) is 0.841. The maximum absolute atomic E-state index is 9.91. The summed E-state index contributed by atoms with van der Waals surface area (Å²) in [7, 11) is 2.07. The molecule has 0 heterocycles. The Labute approximate surface area is 103 Å². The van der Waals surface area contributed by atoms with Crippen LogP contribution in [-0.2, 0) is 0 Å². The van der Waals surface area contributed by atoms with Crippen molar-refractivity contribution in [2.45, 2.75) is 26.3 Å². The maximum Gasteiger partial charge on any atom is 0.122 e. The van der Waals surface area contributed by atoms with Gasteiger partial charge in [-0.3, -0.25) is 0 Å². The first kappa shape index (κ1) is 12.2. The Morgan fingerprint density at radius 1 is 1.53 bits per heavy atom. The summed E-state index contributed by atoms with van der Waals surface area (Å²) in [5.41, 5.74) is 7.64. The predicted molar refractivity (Wildman–Crippen MR) is 71.3 cm³/mol. The van der Waals surface area contributed by atoms with Crippen molar-refractivity contribution in [2.75, 3.05) is 18.5 Å². The fraction of sp³-hybridized carbons (Fsp3) is 0.571. The molecule has 0 radical (unpaired) electrons. The molecule has 1 aromatic carbocycles. The van der Waals surface area contributed by atoms with Crippen molar-refractivity contribution in [1.82, 2.24) is 0 Å². The molecule has 0 spiro atoms. The smallest absolute Gasteiger partial charge is 0.122 e. The number of nitrogens with two attached hydrogens (primary N) is 1. The number of benzene rings is 1. The highest BCUT2D eigenvalue weighted by molar-refractivity contribution is 5.53. The Kier molecular flexibility index (Phi) is 3.29. The molecule has 3 heteroatoms. The molecule has 17 heavy (non-hydrogen) atoms. The van der Waals surface area contributed by atoms with Gasteiger partial charge in [0.1, 0.15) is 5.75 Å². The van der Waals surface area contributed by atoms with Gasteiger partial charge in [0.25, 0.3) is 0 Å². The van der Waals surface area contributed by atoms with Gasteiger partial charge in [-0.1, -0.05) is 13.0 Å². The zero-order valence-electron chi connectivity index (χ0n) is 10.9. The zero-order valence-corrected chi connectivity index (χ0v) is 10.9. The van der Waals surface area contributed by atoms with Crippen molar-refractivity contribution in [2.24, 2.45) is 17.6 Å². The molecule has 0 saturated heterocycles. The molecule has 0 aliphatic heterocycles. The van der Waals surface area contributed by atoms with E-state index in [0.29, 0.717) is 5.75 Å². The van der Waals surface area contributed by atoms with Crippen LogP contribution in [0.25, 0.3) is 0 Å². The fourth-order valence-electron chi connectivity index (χ4n) is 2.27. The van der Waals surface area contributed by atoms with Crippen LogP contribution in [0.2, 0.25) is 0 Å². The lowest BCUT2D eigenvalue weighted by atomic mass is 10.1. The molecule has 1 saturated carbocycles. The van der Waals surface area contributed by atoms with E-state index in [2.05, 4.69) is 18.9 Å². The molecule has 0 aromatic heterocycles. The number of aromatic hydroxyl groups is 1. The highest BCUT2D eigenvalue weighted by Crippen LogP contribution is 2.39. The zero-order chi connectivity index (χ0) is 12.6. The van der Waals surface area contributed by atoms with Gasteiger partial charge >= 0.3 is 0 Å². The Morgan fingerprint density at radius 3 is 2.65 bits per heavy atom. The lowest BCUT2D eigenvalue weighted by molar-refractivity contribution is 0.463. The van der Waals surface area contributed by atoms with Crippen LogP contribution in [0.1, 0.15) is 31.9 Å². The summed E-state index contributed by atoms with van der Waals surface area (Å²) in [4.78, 5) is 2.21. The average molecular weight is 234 g/mol. The third-order valence-electron chi connectivity index (χ3n) is 3.73. The molecule has 0 bridgehead atoms. The van der Waals surface area contributed by atoms with E-state index in [0.717, 1.165) is 29.6 Å². The summed E-state index contributed by atoms with van der Waals surface area (Å²) in [6.07, 6.45) is 1.33. The van der Waals surface area contributed by atoms with E-state index in [1.165, 1.54) is 6.42 Å². The third-order valence-corrected chi connectivity index (χ3v) is 3.73. The molecule has 1 aliphatic rings. The van der Waals surface area contributed by atoms with E-state index >= 15 is 0 Å². The van der Waals surface area contributed by atoms with Gasteiger partial charge in [0.05, 0.1) is 0 Å². The minimum atomic E-state index is -0.127. The SMILES string of the molecule is CC(N)c1ccc(N(C)CC2CC2C)cc1O. The van der Waals surface area contributed by atoms with E-state index in [1.807, 2.05) is 25.1 Å². The van der Waals surface area contributed by atoms with Gasteiger partial charge in [0.2, 0.25) is 0 Å². The Morgan fingerprint density at radius 2 is 2.18 bits per heavy atom. The van der Waals surface area contributed by atoms with E-state index in [1.54, 1.807) is 0 Å². The van der Waals surface area contributed by atoms with Gasteiger partial charge in [-0.05, 0) is 31.2 Å². The predicted octanol–water partition coefficient (Wildman–Crippen LogP) is 2.50. The number of phenols is 1. The van der Waals surface area contributed by atoms with Crippen molar-refractivity contribution in [1.29, 1.82) is 0 Å².